The van der Waals surface area contributed by atoms with Crippen molar-refractivity contribution in [3.8, 4) is 0 Å². The number of primary amides is 1. The molecule has 7 heteroatoms. The van der Waals surface area contributed by atoms with Crippen LogP contribution in [0.4, 0.5) is 0 Å². The molecule has 1 saturated carbocycles. The molecule has 0 aromatic heterocycles. The maximum Gasteiger partial charge on any atom is 0.326 e. The second kappa shape index (κ2) is 7.08. The number of carbonyl (C=O) groups is 3. The van der Waals surface area contributed by atoms with Gasteiger partial charge < -0.3 is 21.5 Å². The average molecular weight is 271 g/mol. The van der Waals surface area contributed by atoms with Crippen LogP contribution >= 0.6 is 0 Å². The van der Waals surface area contributed by atoms with Crippen molar-refractivity contribution in [3.05, 3.63) is 0 Å². The van der Waals surface area contributed by atoms with E-state index in [1.807, 2.05) is 0 Å². The van der Waals surface area contributed by atoms with Crippen molar-refractivity contribution in [3.63, 3.8) is 0 Å². The zero-order chi connectivity index (χ0) is 14.4. The Labute approximate surface area is 111 Å². The zero-order valence-electron chi connectivity index (χ0n) is 10.9. The van der Waals surface area contributed by atoms with E-state index in [9.17, 15) is 19.5 Å². The fraction of sp³-hybridized carbons (Fsp3) is 0.750. The molecule has 0 bridgehead atoms. The van der Waals surface area contributed by atoms with E-state index in [-0.39, 0.29) is 19.0 Å². The first-order valence-corrected chi connectivity index (χ1v) is 6.49. The van der Waals surface area contributed by atoms with Crippen LogP contribution in [-0.2, 0) is 14.4 Å². The van der Waals surface area contributed by atoms with Crippen LogP contribution in [-0.4, -0.2) is 46.4 Å². The second-order valence-corrected chi connectivity index (χ2v) is 4.82. The van der Waals surface area contributed by atoms with Gasteiger partial charge in [0.2, 0.25) is 11.8 Å². The van der Waals surface area contributed by atoms with E-state index in [1.54, 1.807) is 0 Å². The molecule has 0 heterocycles. The first-order chi connectivity index (χ1) is 8.97. The van der Waals surface area contributed by atoms with E-state index in [1.165, 1.54) is 4.90 Å². The number of nitrogens with two attached hydrogens (primary N) is 2. The molecule has 0 radical (unpaired) electrons. The van der Waals surface area contributed by atoms with E-state index in [2.05, 4.69) is 0 Å². The molecule has 1 atom stereocenters. The molecule has 0 aromatic carbocycles. The van der Waals surface area contributed by atoms with E-state index >= 15 is 0 Å². The van der Waals surface area contributed by atoms with E-state index in [0.717, 1.165) is 32.1 Å². The molecule has 0 aromatic rings. The van der Waals surface area contributed by atoms with Crippen LogP contribution in [0.3, 0.4) is 0 Å². The summed E-state index contributed by atoms with van der Waals surface area (Å²) < 4.78 is 0. The molecule has 19 heavy (non-hydrogen) atoms. The van der Waals surface area contributed by atoms with Crippen molar-refractivity contribution in [1.82, 2.24) is 4.90 Å². The van der Waals surface area contributed by atoms with Gasteiger partial charge in [-0.3, -0.25) is 9.59 Å². The highest BCUT2D eigenvalue weighted by Gasteiger charge is 2.35. The molecule has 0 aliphatic heterocycles. The monoisotopic (exact) mass is 271 g/mol. The molecule has 0 spiro atoms. The molecule has 1 aliphatic rings. The van der Waals surface area contributed by atoms with Crippen LogP contribution in [0.5, 0.6) is 0 Å². The lowest BCUT2D eigenvalue weighted by molar-refractivity contribution is -0.154. The summed E-state index contributed by atoms with van der Waals surface area (Å²) >= 11 is 0. The van der Waals surface area contributed by atoms with Gasteiger partial charge in [0, 0.05) is 6.04 Å². The Balaban J connectivity index is 2.94. The molecule has 0 unspecified atom stereocenters. The maximum absolute atomic E-state index is 11.9. The molecule has 1 aliphatic carbocycles. The highest BCUT2D eigenvalue weighted by atomic mass is 16.4. The number of hydrogen-bond acceptors (Lipinski definition) is 4. The Morgan fingerprint density at radius 2 is 1.79 bits per heavy atom. The zero-order valence-corrected chi connectivity index (χ0v) is 10.9. The number of carbonyl (C=O) groups excluding carboxylic acids is 2. The van der Waals surface area contributed by atoms with Gasteiger partial charge in [0.25, 0.3) is 0 Å². The van der Waals surface area contributed by atoms with Gasteiger partial charge in [-0.1, -0.05) is 19.3 Å². The van der Waals surface area contributed by atoms with Crippen molar-refractivity contribution in [2.45, 2.75) is 50.6 Å². The predicted molar refractivity (Wildman–Crippen MR) is 68.0 cm³/mol. The fourth-order valence-corrected chi connectivity index (χ4v) is 2.59. The maximum atomic E-state index is 11.9. The molecule has 108 valence electrons. The Bertz CT molecular complexity index is 353. The third-order valence-electron chi connectivity index (χ3n) is 3.45. The smallest absolute Gasteiger partial charge is 0.326 e. The summed E-state index contributed by atoms with van der Waals surface area (Å²) in [5.74, 6) is -2.40. The van der Waals surface area contributed by atoms with Crippen LogP contribution in [0.1, 0.15) is 38.5 Å². The lowest BCUT2D eigenvalue weighted by Gasteiger charge is -2.37. The summed E-state index contributed by atoms with van der Waals surface area (Å²) in [4.78, 5) is 35.5. The minimum Gasteiger partial charge on any atom is -0.480 e. The number of carboxylic acid groups (broad SMARTS) is 1. The normalized spacial score (nSPS) is 17.7. The van der Waals surface area contributed by atoms with E-state index < -0.39 is 23.8 Å². The summed E-state index contributed by atoms with van der Waals surface area (Å²) in [7, 11) is 0. The van der Waals surface area contributed by atoms with Crippen molar-refractivity contribution in [2.75, 3.05) is 6.54 Å². The minimum atomic E-state index is -1.22. The van der Waals surface area contributed by atoms with E-state index in [4.69, 9.17) is 11.5 Å². The lowest BCUT2D eigenvalue weighted by Crippen LogP contribution is -2.54. The van der Waals surface area contributed by atoms with Crippen LogP contribution in [0.15, 0.2) is 0 Å². The third kappa shape index (κ3) is 4.20. The molecule has 5 N–H and O–H groups in total. The third-order valence-corrected chi connectivity index (χ3v) is 3.45. The van der Waals surface area contributed by atoms with Gasteiger partial charge in [-0.2, -0.15) is 0 Å². The van der Waals surface area contributed by atoms with Crippen molar-refractivity contribution < 1.29 is 19.5 Å². The lowest BCUT2D eigenvalue weighted by atomic mass is 9.92. The van der Waals surface area contributed by atoms with Crippen LogP contribution in [0.25, 0.3) is 0 Å². The molecule has 2 amide bonds. The number of hydrogen-bond donors (Lipinski definition) is 3. The predicted octanol–water partition coefficient (Wildman–Crippen LogP) is -0.565. The Morgan fingerprint density at radius 3 is 2.21 bits per heavy atom. The van der Waals surface area contributed by atoms with Crippen LogP contribution < -0.4 is 11.5 Å². The molecule has 1 rings (SSSR count). The first kappa shape index (κ1) is 15.4. The van der Waals surface area contributed by atoms with Gasteiger partial charge in [0.15, 0.2) is 0 Å². The summed E-state index contributed by atoms with van der Waals surface area (Å²) in [5.41, 5.74) is 10.4. The summed E-state index contributed by atoms with van der Waals surface area (Å²) in [5, 5.41) is 9.23. The largest absolute Gasteiger partial charge is 0.480 e. The molecule has 7 nitrogen and oxygen atoms in total. The molecule has 0 saturated heterocycles. The summed E-state index contributed by atoms with van der Waals surface area (Å²) in [6.45, 7) is -0.265. The second-order valence-electron chi connectivity index (χ2n) is 4.82. The molecular weight excluding hydrogens is 250 g/mol. The Morgan fingerprint density at radius 1 is 1.21 bits per heavy atom. The molecule has 1 fully saturated rings. The van der Waals surface area contributed by atoms with E-state index in [0.29, 0.717) is 0 Å². The van der Waals surface area contributed by atoms with Gasteiger partial charge in [0.1, 0.15) is 6.04 Å². The number of nitrogens with zero attached hydrogens (tertiary/aromatic N) is 1. The number of carboxylic acids is 1. The number of rotatable bonds is 6. The summed E-state index contributed by atoms with van der Waals surface area (Å²) in [6.07, 6.45) is 4.08. The van der Waals surface area contributed by atoms with Gasteiger partial charge in [0.05, 0.1) is 13.0 Å². The number of aliphatic carboxylic acids is 1. The Hall–Kier alpha value is -1.63. The average Bonchev–Trinajstić information content (AvgIpc) is 2.38. The van der Waals surface area contributed by atoms with Gasteiger partial charge in [-0.05, 0) is 12.8 Å². The highest BCUT2D eigenvalue weighted by molar-refractivity contribution is 5.89. The van der Waals surface area contributed by atoms with Gasteiger partial charge in [-0.25, -0.2) is 4.79 Å². The fourth-order valence-electron chi connectivity index (χ4n) is 2.59. The van der Waals surface area contributed by atoms with Crippen molar-refractivity contribution >= 4 is 17.8 Å². The van der Waals surface area contributed by atoms with Crippen LogP contribution in [0.2, 0.25) is 0 Å². The minimum absolute atomic E-state index is 0.162. The van der Waals surface area contributed by atoms with Crippen LogP contribution in [0, 0.1) is 0 Å². The Kier molecular flexibility index (Phi) is 5.75. The first-order valence-electron chi connectivity index (χ1n) is 6.49. The quantitative estimate of drug-likeness (QED) is 0.596. The standard InChI is InChI=1S/C12H21N3O4/c13-7-11(17)15(8-4-2-1-3-5-8)9(12(18)19)6-10(14)16/h8-9H,1-7,13H2,(H2,14,16)(H,18,19)/t9-/m0/s1. The topological polar surface area (TPSA) is 127 Å². The van der Waals surface area contributed by atoms with Gasteiger partial charge >= 0.3 is 5.97 Å². The number of amides is 2. The van der Waals surface area contributed by atoms with Crippen molar-refractivity contribution in [1.29, 1.82) is 0 Å². The highest BCUT2D eigenvalue weighted by Crippen LogP contribution is 2.25. The summed E-state index contributed by atoms with van der Waals surface area (Å²) in [6, 6.07) is -1.37. The van der Waals surface area contributed by atoms with Crippen molar-refractivity contribution in [2.24, 2.45) is 11.5 Å². The van der Waals surface area contributed by atoms with Gasteiger partial charge in [-0.15, -0.1) is 0 Å². The molecular formula is C12H21N3O4. The SMILES string of the molecule is NCC(=O)N(C1CCCCC1)[C@@H](CC(N)=O)C(=O)O.